The first-order valence-electron chi connectivity index (χ1n) is 12.2. The van der Waals surface area contributed by atoms with Crippen molar-refractivity contribution in [1.29, 1.82) is 0 Å². The standard InChI is InChI=1S/C28H39ClN4O/c1-20-10-11-21(2)27(17-20)30-22(3)25-18-24(12-13-26(25)29)33-16-7-9-23(19-33)28(34)32(6)15-8-14-31(4)5/h10-13,17-18,23H,7-9,14-16,19H2,1-6H3/t23-/m1/s1. The number of nitrogens with zero attached hydrogens (tertiary/aromatic N) is 4. The number of halogens is 1. The smallest absolute Gasteiger partial charge is 0.227 e. The van der Waals surface area contributed by atoms with Crippen molar-refractivity contribution in [3.63, 3.8) is 0 Å². The second kappa shape index (κ2) is 11.9. The zero-order chi connectivity index (χ0) is 24.8. The average Bonchev–Trinajstić information content (AvgIpc) is 2.81. The molecule has 1 aliphatic rings. The molecule has 34 heavy (non-hydrogen) atoms. The van der Waals surface area contributed by atoms with Crippen molar-refractivity contribution in [2.75, 3.05) is 52.2 Å². The maximum atomic E-state index is 13.1. The number of aryl methyl sites for hydroxylation is 2. The Balaban J connectivity index is 1.75. The second-order valence-electron chi connectivity index (χ2n) is 9.85. The number of aliphatic imine (C=N–C) groups is 1. The van der Waals surface area contributed by atoms with Crippen molar-refractivity contribution >= 4 is 34.6 Å². The Morgan fingerprint density at radius 3 is 2.62 bits per heavy atom. The van der Waals surface area contributed by atoms with Crippen molar-refractivity contribution in [2.24, 2.45) is 10.9 Å². The molecule has 0 aromatic heterocycles. The Bertz CT molecular complexity index is 1030. The van der Waals surface area contributed by atoms with E-state index in [-0.39, 0.29) is 11.8 Å². The van der Waals surface area contributed by atoms with Crippen LogP contribution in [0.15, 0.2) is 41.4 Å². The number of hydrogen-bond acceptors (Lipinski definition) is 4. The van der Waals surface area contributed by atoms with Crippen LogP contribution < -0.4 is 4.90 Å². The molecule has 6 heteroatoms. The minimum absolute atomic E-state index is 0.0296. The molecule has 1 heterocycles. The molecule has 3 rings (SSSR count). The molecular weight excluding hydrogens is 444 g/mol. The maximum absolute atomic E-state index is 13.1. The first-order valence-corrected chi connectivity index (χ1v) is 12.6. The van der Waals surface area contributed by atoms with Gasteiger partial charge in [0.05, 0.1) is 11.6 Å². The van der Waals surface area contributed by atoms with Crippen molar-refractivity contribution in [3.8, 4) is 0 Å². The van der Waals surface area contributed by atoms with Crippen molar-refractivity contribution in [2.45, 2.75) is 40.0 Å². The summed E-state index contributed by atoms with van der Waals surface area (Å²) >= 11 is 6.60. The van der Waals surface area contributed by atoms with E-state index in [4.69, 9.17) is 16.6 Å². The van der Waals surface area contributed by atoms with E-state index in [1.807, 2.05) is 24.9 Å². The number of hydrogen-bond donors (Lipinski definition) is 0. The summed E-state index contributed by atoms with van der Waals surface area (Å²) in [6.45, 7) is 9.64. The lowest BCUT2D eigenvalue weighted by atomic mass is 9.95. The van der Waals surface area contributed by atoms with Gasteiger partial charge in [-0.15, -0.1) is 0 Å². The molecule has 2 aromatic rings. The largest absolute Gasteiger partial charge is 0.371 e. The fraction of sp³-hybridized carbons (Fsp3) is 0.500. The first-order chi connectivity index (χ1) is 16.2. The van der Waals surface area contributed by atoms with Gasteiger partial charge in [-0.1, -0.05) is 23.7 Å². The lowest BCUT2D eigenvalue weighted by Gasteiger charge is -2.35. The fourth-order valence-corrected chi connectivity index (χ4v) is 4.78. The van der Waals surface area contributed by atoms with E-state index in [1.165, 1.54) is 5.56 Å². The van der Waals surface area contributed by atoms with Gasteiger partial charge in [-0.2, -0.15) is 0 Å². The summed E-state index contributed by atoms with van der Waals surface area (Å²) in [5.41, 5.74) is 6.24. The van der Waals surface area contributed by atoms with Crippen molar-refractivity contribution < 1.29 is 4.79 Å². The third kappa shape index (κ3) is 6.83. The van der Waals surface area contributed by atoms with Gasteiger partial charge in [-0.25, -0.2) is 0 Å². The van der Waals surface area contributed by atoms with Gasteiger partial charge in [-0.05, 0) is 96.1 Å². The van der Waals surface area contributed by atoms with Gasteiger partial charge in [0, 0.05) is 48.7 Å². The van der Waals surface area contributed by atoms with E-state index in [9.17, 15) is 4.79 Å². The molecule has 0 aliphatic carbocycles. The number of carbonyl (C=O) groups excluding carboxylic acids is 1. The van der Waals surface area contributed by atoms with Crippen LogP contribution in [-0.4, -0.2) is 68.7 Å². The highest BCUT2D eigenvalue weighted by atomic mass is 35.5. The Morgan fingerprint density at radius 1 is 1.12 bits per heavy atom. The summed E-state index contributed by atoms with van der Waals surface area (Å²) in [7, 11) is 6.07. The predicted octanol–water partition coefficient (Wildman–Crippen LogP) is 5.72. The quantitative estimate of drug-likeness (QED) is 0.451. The van der Waals surface area contributed by atoms with E-state index in [1.54, 1.807) is 0 Å². The number of amides is 1. The van der Waals surface area contributed by atoms with Crippen LogP contribution in [0.5, 0.6) is 0 Å². The van der Waals surface area contributed by atoms with E-state index in [2.05, 4.69) is 68.1 Å². The molecule has 0 spiro atoms. The van der Waals surface area contributed by atoms with Crippen molar-refractivity contribution in [3.05, 3.63) is 58.1 Å². The van der Waals surface area contributed by atoms with E-state index < -0.39 is 0 Å². The zero-order valence-corrected chi connectivity index (χ0v) is 22.3. The van der Waals surface area contributed by atoms with Gasteiger partial charge < -0.3 is 14.7 Å². The first kappa shape index (κ1) is 26.2. The predicted molar refractivity (Wildman–Crippen MR) is 145 cm³/mol. The third-order valence-electron chi connectivity index (χ3n) is 6.60. The molecule has 1 aliphatic heterocycles. The lowest BCUT2D eigenvalue weighted by molar-refractivity contribution is -0.134. The van der Waals surface area contributed by atoms with Crippen LogP contribution in [0.25, 0.3) is 0 Å². The summed E-state index contributed by atoms with van der Waals surface area (Å²) in [5.74, 6) is 0.284. The van der Waals surface area contributed by atoms with Crippen LogP contribution in [-0.2, 0) is 4.79 Å². The lowest BCUT2D eigenvalue weighted by Crippen LogP contribution is -2.44. The fourth-order valence-electron chi connectivity index (χ4n) is 4.53. The molecule has 0 radical (unpaired) electrons. The third-order valence-corrected chi connectivity index (χ3v) is 6.93. The molecule has 0 saturated carbocycles. The van der Waals surface area contributed by atoms with Gasteiger partial charge in [0.15, 0.2) is 0 Å². The summed E-state index contributed by atoms with van der Waals surface area (Å²) < 4.78 is 0. The number of carbonyl (C=O) groups is 1. The number of anilines is 1. The molecule has 1 saturated heterocycles. The highest BCUT2D eigenvalue weighted by Crippen LogP contribution is 2.30. The molecule has 5 nitrogen and oxygen atoms in total. The average molecular weight is 483 g/mol. The van der Waals surface area contributed by atoms with E-state index in [0.29, 0.717) is 5.02 Å². The minimum Gasteiger partial charge on any atom is -0.371 e. The molecule has 1 atom stereocenters. The molecular formula is C28H39ClN4O. The molecule has 184 valence electrons. The monoisotopic (exact) mass is 482 g/mol. The van der Waals surface area contributed by atoms with Crippen LogP contribution in [0.1, 0.15) is 42.9 Å². The normalized spacial score (nSPS) is 16.8. The highest BCUT2D eigenvalue weighted by molar-refractivity contribution is 6.34. The molecule has 1 amide bonds. The van der Waals surface area contributed by atoms with Crippen LogP contribution in [0.3, 0.4) is 0 Å². The molecule has 1 fully saturated rings. The molecule has 2 aromatic carbocycles. The van der Waals surface area contributed by atoms with Gasteiger partial charge in [0.2, 0.25) is 5.91 Å². The number of benzene rings is 2. The van der Waals surface area contributed by atoms with Crippen LogP contribution in [0.4, 0.5) is 11.4 Å². The Labute approximate surface area is 210 Å². The van der Waals surface area contributed by atoms with Crippen LogP contribution in [0, 0.1) is 19.8 Å². The Kier molecular flexibility index (Phi) is 9.15. The summed E-state index contributed by atoms with van der Waals surface area (Å²) in [5, 5.41) is 0.695. The van der Waals surface area contributed by atoms with Crippen molar-refractivity contribution in [1.82, 2.24) is 9.80 Å². The zero-order valence-electron chi connectivity index (χ0n) is 21.6. The van der Waals surface area contributed by atoms with Gasteiger partial charge in [-0.3, -0.25) is 9.79 Å². The highest BCUT2D eigenvalue weighted by Gasteiger charge is 2.28. The summed E-state index contributed by atoms with van der Waals surface area (Å²) in [6, 6.07) is 12.4. The summed E-state index contributed by atoms with van der Waals surface area (Å²) in [6.07, 6.45) is 2.95. The number of rotatable bonds is 8. The maximum Gasteiger partial charge on any atom is 0.227 e. The van der Waals surface area contributed by atoms with E-state index in [0.717, 1.165) is 73.7 Å². The van der Waals surface area contributed by atoms with Gasteiger partial charge in [0.25, 0.3) is 0 Å². The van der Waals surface area contributed by atoms with E-state index >= 15 is 0 Å². The Hall–Kier alpha value is -2.37. The minimum atomic E-state index is 0.0296. The second-order valence-corrected chi connectivity index (χ2v) is 10.3. The molecule has 0 bridgehead atoms. The number of piperidine rings is 1. The molecule has 0 unspecified atom stereocenters. The van der Waals surface area contributed by atoms with Gasteiger partial charge >= 0.3 is 0 Å². The SMILES string of the molecule is CC(=Nc1cc(C)ccc1C)c1cc(N2CCC[C@@H](C(=O)N(C)CCCN(C)C)C2)ccc1Cl. The molecule has 0 N–H and O–H groups in total. The summed E-state index contributed by atoms with van der Waals surface area (Å²) in [4.78, 5) is 24.4. The topological polar surface area (TPSA) is 39.2 Å². The van der Waals surface area contributed by atoms with Crippen LogP contribution >= 0.6 is 11.6 Å². The van der Waals surface area contributed by atoms with Gasteiger partial charge in [0.1, 0.15) is 0 Å². The Morgan fingerprint density at radius 2 is 1.88 bits per heavy atom. The van der Waals surface area contributed by atoms with Crippen LogP contribution in [0.2, 0.25) is 5.02 Å².